The first kappa shape index (κ1) is 15.7. The van der Waals surface area contributed by atoms with Crippen molar-refractivity contribution in [3.8, 4) is 11.7 Å². The highest BCUT2D eigenvalue weighted by atomic mass is 16.5. The number of ether oxygens (including phenoxy) is 1. The van der Waals surface area contributed by atoms with Gasteiger partial charge in [-0.2, -0.15) is 5.10 Å². The van der Waals surface area contributed by atoms with Crippen molar-refractivity contribution in [3.63, 3.8) is 0 Å². The van der Waals surface area contributed by atoms with Crippen LogP contribution in [0.5, 0.6) is 5.88 Å². The largest absolute Gasteiger partial charge is 0.481 e. The Labute approximate surface area is 139 Å². The summed E-state index contributed by atoms with van der Waals surface area (Å²) >= 11 is 0. The second-order valence-electron chi connectivity index (χ2n) is 5.27. The summed E-state index contributed by atoms with van der Waals surface area (Å²) in [5.74, 6) is 0.988. The van der Waals surface area contributed by atoms with Crippen LogP contribution in [0.1, 0.15) is 21.6 Å². The summed E-state index contributed by atoms with van der Waals surface area (Å²) < 4.78 is 8.60. The number of rotatable bonds is 5. The predicted octanol–water partition coefficient (Wildman–Crippen LogP) is 1.25. The average Bonchev–Trinajstić information content (AvgIpc) is 3.20. The molecule has 3 aromatic heterocycles. The van der Waals surface area contributed by atoms with Gasteiger partial charge in [0.1, 0.15) is 17.7 Å². The zero-order valence-corrected chi connectivity index (χ0v) is 13.7. The van der Waals surface area contributed by atoms with Crippen molar-refractivity contribution in [1.82, 2.24) is 29.6 Å². The molecule has 0 spiro atoms. The number of methoxy groups -OCH3 is 1. The van der Waals surface area contributed by atoms with Crippen molar-refractivity contribution in [1.29, 1.82) is 0 Å². The van der Waals surface area contributed by atoms with Crippen LogP contribution >= 0.6 is 0 Å². The van der Waals surface area contributed by atoms with Crippen molar-refractivity contribution in [2.75, 3.05) is 7.11 Å². The molecule has 0 saturated carbocycles. The molecule has 0 radical (unpaired) electrons. The van der Waals surface area contributed by atoms with Gasteiger partial charge in [-0.1, -0.05) is 6.07 Å². The van der Waals surface area contributed by atoms with Crippen molar-refractivity contribution in [3.05, 3.63) is 53.9 Å². The minimum atomic E-state index is -0.226. The molecule has 0 unspecified atom stereocenters. The van der Waals surface area contributed by atoms with E-state index in [1.807, 2.05) is 22.9 Å². The van der Waals surface area contributed by atoms with Crippen LogP contribution in [0.25, 0.3) is 5.82 Å². The van der Waals surface area contributed by atoms with Gasteiger partial charge in [-0.15, -0.1) is 0 Å². The highest BCUT2D eigenvalue weighted by molar-refractivity contribution is 5.97. The van der Waals surface area contributed by atoms with Crippen molar-refractivity contribution < 1.29 is 9.53 Å². The molecule has 0 aliphatic rings. The molecule has 0 bridgehead atoms. The number of carbonyl (C=O) groups is 1. The number of hydrogen-bond donors (Lipinski definition) is 1. The van der Waals surface area contributed by atoms with Crippen molar-refractivity contribution in [2.45, 2.75) is 13.5 Å². The van der Waals surface area contributed by atoms with Crippen LogP contribution in [0.4, 0.5) is 0 Å². The van der Waals surface area contributed by atoms with Gasteiger partial charge >= 0.3 is 0 Å². The third-order valence-corrected chi connectivity index (χ3v) is 3.62. The van der Waals surface area contributed by atoms with Crippen LogP contribution in [-0.4, -0.2) is 37.3 Å². The molecular formula is C16H18N6O2. The molecule has 0 aliphatic carbocycles. The number of aromatic nitrogens is 5. The van der Waals surface area contributed by atoms with Crippen LogP contribution in [0.15, 0.2) is 37.1 Å². The number of nitrogens with zero attached hydrogens (tertiary/aromatic N) is 5. The van der Waals surface area contributed by atoms with Gasteiger partial charge < -0.3 is 10.1 Å². The van der Waals surface area contributed by atoms with E-state index in [-0.39, 0.29) is 5.91 Å². The number of carbonyl (C=O) groups excluding carboxylic acids is 1. The maximum atomic E-state index is 12.4. The standard InChI is InChI=1S/C16H18N6O2/c1-11-14(16(24-3)21(2)20-11)15(23)19-9-12-4-5-13(18-8-12)22-7-6-17-10-22/h4-8,10H,9H2,1-3H3,(H,19,23). The zero-order chi connectivity index (χ0) is 17.1. The second kappa shape index (κ2) is 6.53. The van der Waals surface area contributed by atoms with Crippen molar-refractivity contribution >= 4 is 5.91 Å². The Balaban J connectivity index is 1.69. The molecule has 124 valence electrons. The number of nitrogens with one attached hydrogen (secondary N) is 1. The maximum Gasteiger partial charge on any atom is 0.258 e. The quantitative estimate of drug-likeness (QED) is 0.762. The number of pyridine rings is 1. The highest BCUT2D eigenvalue weighted by Gasteiger charge is 2.20. The van der Waals surface area contributed by atoms with Gasteiger partial charge in [0.25, 0.3) is 5.91 Å². The first-order valence-electron chi connectivity index (χ1n) is 7.39. The van der Waals surface area contributed by atoms with E-state index in [0.717, 1.165) is 11.4 Å². The van der Waals surface area contributed by atoms with Crippen LogP contribution in [0.3, 0.4) is 0 Å². The van der Waals surface area contributed by atoms with E-state index in [0.29, 0.717) is 23.7 Å². The second-order valence-corrected chi connectivity index (χ2v) is 5.27. The van der Waals surface area contributed by atoms with E-state index < -0.39 is 0 Å². The SMILES string of the molecule is COc1c(C(=O)NCc2ccc(-n3ccnc3)nc2)c(C)nn1C. The first-order chi connectivity index (χ1) is 11.6. The number of amides is 1. The fourth-order valence-electron chi connectivity index (χ4n) is 2.47. The predicted molar refractivity (Wildman–Crippen MR) is 87.0 cm³/mol. The van der Waals surface area contributed by atoms with E-state index in [2.05, 4.69) is 20.4 Å². The lowest BCUT2D eigenvalue weighted by Crippen LogP contribution is -2.23. The average molecular weight is 326 g/mol. The smallest absolute Gasteiger partial charge is 0.258 e. The van der Waals surface area contributed by atoms with Crippen LogP contribution in [-0.2, 0) is 13.6 Å². The van der Waals surface area contributed by atoms with Crippen molar-refractivity contribution in [2.24, 2.45) is 7.05 Å². The molecule has 3 heterocycles. The Morgan fingerprint density at radius 3 is 2.83 bits per heavy atom. The van der Waals surface area contributed by atoms with E-state index in [4.69, 9.17) is 4.74 Å². The molecule has 8 heteroatoms. The van der Waals surface area contributed by atoms with Gasteiger partial charge in [0.2, 0.25) is 5.88 Å². The normalized spacial score (nSPS) is 10.6. The van der Waals surface area contributed by atoms with Gasteiger partial charge in [0.15, 0.2) is 0 Å². The molecule has 0 aromatic carbocycles. The van der Waals surface area contributed by atoms with Gasteiger partial charge in [-0.25, -0.2) is 14.6 Å². The fraction of sp³-hybridized carbons (Fsp3) is 0.250. The van der Waals surface area contributed by atoms with E-state index in [1.165, 1.54) is 7.11 Å². The molecule has 0 fully saturated rings. The number of imidazole rings is 1. The summed E-state index contributed by atoms with van der Waals surface area (Å²) in [6.45, 7) is 2.15. The third-order valence-electron chi connectivity index (χ3n) is 3.62. The topological polar surface area (TPSA) is 86.9 Å². The van der Waals surface area contributed by atoms with Crippen LogP contribution in [0, 0.1) is 6.92 Å². The molecule has 0 atom stereocenters. The van der Waals surface area contributed by atoms with Gasteiger partial charge in [0.05, 0.1) is 12.8 Å². The first-order valence-corrected chi connectivity index (χ1v) is 7.39. The molecule has 1 N–H and O–H groups in total. The Hall–Kier alpha value is -3.16. The Kier molecular flexibility index (Phi) is 4.28. The molecule has 3 rings (SSSR count). The molecule has 24 heavy (non-hydrogen) atoms. The summed E-state index contributed by atoms with van der Waals surface area (Å²) in [7, 11) is 3.26. The molecule has 0 saturated heterocycles. The lowest BCUT2D eigenvalue weighted by molar-refractivity contribution is 0.0947. The van der Waals surface area contributed by atoms with Crippen LogP contribution in [0.2, 0.25) is 0 Å². The van der Waals surface area contributed by atoms with E-state index in [1.54, 1.807) is 37.4 Å². The molecule has 8 nitrogen and oxygen atoms in total. The fourth-order valence-corrected chi connectivity index (χ4v) is 2.47. The van der Waals surface area contributed by atoms with E-state index in [9.17, 15) is 4.79 Å². The lowest BCUT2D eigenvalue weighted by Gasteiger charge is -2.07. The highest BCUT2D eigenvalue weighted by Crippen LogP contribution is 2.20. The Morgan fingerprint density at radius 1 is 1.38 bits per heavy atom. The molecular weight excluding hydrogens is 308 g/mol. The summed E-state index contributed by atoms with van der Waals surface area (Å²) in [4.78, 5) is 20.8. The minimum Gasteiger partial charge on any atom is -0.481 e. The molecule has 1 amide bonds. The summed E-state index contributed by atoms with van der Waals surface area (Å²) in [6.07, 6.45) is 6.92. The summed E-state index contributed by atoms with van der Waals surface area (Å²) in [6, 6.07) is 3.79. The maximum absolute atomic E-state index is 12.4. The minimum absolute atomic E-state index is 0.226. The number of hydrogen-bond acceptors (Lipinski definition) is 5. The van der Waals surface area contributed by atoms with Gasteiger partial charge in [-0.3, -0.25) is 9.36 Å². The Morgan fingerprint density at radius 2 is 2.21 bits per heavy atom. The van der Waals surface area contributed by atoms with Crippen LogP contribution < -0.4 is 10.1 Å². The third kappa shape index (κ3) is 2.98. The van der Waals surface area contributed by atoms with E-state index >= 15 is 0 Å². The number of aryl methyl sites for hydroxylation is 2. The van der Waals surface area contributed by atoms with Gasteiger partial charge in [-0.05, 0) is 18.6 Å². The molecule has 3 aromatic rings. The monoisotopic (exact) mass is 326 g/mol. The Bertz CT molecular complexity index is 836. The molecule has 0 aliphatic heterocycles. The summed E-state index contributed by atoms with van der Waals surface area (Å²) in [5, 5.41) is 7.07. The zero-order valence-electron chi connectivity index (χ0n) is 13.7. The summed E-state index contributed by atoms with van der Waals surface area (Å²) in [5.41, 5.74) is 1.97. The lowest BCUT2D eigenvalue weighted by atomic mass is 10.2. The van der Waals surface area contributed by atoms with Gasteiger partial charge in [0, 0.05) is 32.2 Å².